The van der Waals surface area contributed by atoms with Crippen LogP contribution in [0.1, 0.15) is 22.7 Å². The van der Waals surface area contributed by atoms with Gasteiger partial charge in [0.05, 0.1) is 21.8 Å². The van der Waals surface area contributed by atoms with Gasteiger partial charge in [-0.2, -0.15) is 10.4 Å². The van der Waals surface area contributed by atoms with Crippen LogP contribution in [0.15, 0.2) is 59.9 Å². The van der Waals surface area contributed by atoms with Crippen molar-refractivity contribution in [1.29, 1.82) is 5.26 Å². The molecule has 2 heterocycles. The first-order chi connectivity index (χ1) is 12.2. The predicted octanol–water partition coefficient (Wildman–Crippen LogP) is 2.70. The van der Waals surface area contributed by atoms with Gasteiger partial charge in [0.1, 0.15) is 18.7 Å². The lowest BCUT2D eigenvalue weighted by Crippen LogP contribution is -2.13. The van der Waals surface area contributed by atoms with Crippen LogP contribution in [-0.2, 0) is 7.05 Å². The molecule has 0 amide bonds. The minimum atomic E-state index is -0.179. The lowest BCUT2D eigenvalue weighted by molar-refractivity contribution is 0.594. The average molecular weight is 347 g/mol. The minimum Gasteiger partial charge on any atom is -0.302 e. The standard InChI is InChI=1S/C18H13N5OS/c1-22-15-7-6-14(8-16(15)25-18(22)24)17(23-11-20-10-21-23)13-4-2-12(9-19)3-5-13/h2-8,10-11,17H,1H3. The molecule has 1 unspecified atom stereocenters. The number of nitriles is 1. The van der Waals surface area contributed by atoms with Crippen molar-refractivity contribution in [2.24, 2.45) is 7.05 Å². The molecule has 0 spiro atoms. The molecule has 0 aliphatic heterocycles. The molecule has 4 rings (SSSR count). The van der Waals surface area contributed by atoms with E-state index in [1.54, 1.807) is 34.8 Å². The second-order valence-corrected chi connectivity index (χ2v) is 6.66. The fraction of sp³-hybridized carbons (Fsp3) is 0.111. The molecule has 0 radical (unpaired) electrons. The molecule has 0 aliphatic carbocycles. The van der Waals surface area contributed by atoms with E-state index in [-0.39, 0.29) is 10.9 Å². The highest BCUT2D eigenvalue weighted by Gasteiger charge is 2.18. The summed E-state index contributed by atoms with van der Waals surface area (Å²) in [7, 11) is 1.77. The molecule has 6 nitrogen and oxygen atoms in total. The quantitative estimate of drug-likeness (QED) is 0.571. The number of rotatable bonds is 3. The van der Waals surface area contributed by atoms with Crippen LogP contribution in [-0.4, -0.2) is 19.3 Å². The third-order valence-corrected chi connectivity index (χ3v) is 5.18. The number of aryl methyl sites for hydroxylation is 1. The highest BCUT2D eigenvalue weighted by molar-refractivity contribution is 7.16. The Bertz CT molecular complexity index is 1130. The van der Waals surface area contributed by atoms with Crippen LogP contribution in [0.4, 0.5) is 0 Å². The van der Waals surface area contributed by atoms with Gasteiger partial charge >= 0.3 is 4.87 Å². The summed E-state index contributed by atoms with van der Waals surface area (Å²) in [5.41, 5.74) is 3.52. The first-order valence-corrected chi connectivity index (χ1v) is 8.42. The third-order valence-electron chi connectivity index (χ3n) is 4.19. The molecule has 0 fully saturated rings. The Morgan fingerprint density at radius 2 is 1.92 bits per heavy atom. The molecular weight excluding hydrogens is 334 g/mol. The number of fused-ring (bicyclic) bond motifs is 1. The Hall–Kier alpha value is -3.24. The van der Waals surface area contributed by atoms with E-state index in [1.165, 1.54) is 17.7 Å². The monoisotopic (exact) mass is 347 g/mol. The maximum absolute atomic E-state index is 11.9. The fourth-order valence-corrected chi connectivity index (χ4v) is 3.84. The van der Waals surface area contributed by atoms with E-state index < -0.39 is 0 Å². The Morgan fingerprint density at radius 3 is 2.60 bits per heavy atom. The zero-order valence-electron chi connectivity index (χ0n) is 13.3. The van der Waals surface area contributed by atoms with E-state index in [2.05, 4.69) is 16.2 Å². The van der Waals surface area contributed by atoms with Crippen molar-refractivity contribution in [3.63, 3.8) is 0 Å². The summed E-state index contributed by atoms with van der Waals surface area (Å²) < 4.78 is 4.35. The Labute approximate surface area is 147 Å². The molecule has 7 heteroatoms. The van der Waals surface area contributed by atoms with Crippen molar-refractivity contribution in [3.05, 3.63) is 81.5 Å². The maximum atomic E-state index is 11.9. The zero-order valence-corrected chi connectivity index (χ0v) is 14.1. The van der Waals surface area contributed by atoms with E-state index >= 15 is 0 Å². The summed E-state index contributed by atoms with van der Waals surface area (Å²) in [6, 6.07) is 15.3. The summed E-state index contributed by atoms with van der Waals surface area (Å²) >= 11 is 1.23. The summed E-state index contributed by atoms with van der Waals surface area (Å²) in [6.45, 7) is 0. The lowest BCUT2D eigenvalue weighted by atomic mass is 9.98. The van der Waals surface area contributed by atoms with E-state index in [0.29, 0.717) is 5.56 Å². The van der Waals surface area contributed by atoms with Crippen LogP contribution in [0.5, 0.6) is 0 Å². The van der Waals surface area contributed by atoms with Crippen molar-refractivity contribution in [2.45, 2.75) is 6.04 Å². The first kappa shape index (κ1) is 15.3. The second-order valence-electron chi connectivity index (χ2n) is 5.67. The molecule has 2 aromatic heterocycles. The van der Waals surface area contributed by atoms with Crippen molar-refractivity contribution in [3.8, 4) is 6.07 Å². The van der Waals surface area contributed by atoms with Crippen LogP contribution in [0.25, 0.3) is 10.2 Å². The second kappa shape index (κ2) is 6.00. The van der Waals surface area contributed by atoms with Gasteiger partial charge in [-0.15, -0.1) is 0 Å². The smallest absolute Gasteiger partial charge is 0.302 e. The van der Waals surface area contributed by atoms with Gasteiger partial charge in [0.25, 0.3) is 0 Å². The van der Waals surface area contributed by atoms with Gasteiger partial charge in [-0.1, -0.05) is 29.5 Å². The van der Waals surface area contributed by atoms with E-state index in [9.17, 15) is 4.79 Å². The summed E-state index contributed by atoms with van der Waals surface area (Å²) in [4.78, 5) is 16.0. The van der Waals surface area contributed by atoms with E-state index in [1.807, 2.05) is 30.3 Å². The molecule has 122 valence electrons. The molecule has 2 aromatic carbocycles. The van der Waals surface area contributed by atoms with Crippen LogP contribution in [0.3, 0.4) is 0 Å². The highest BCUT2D eigenvalue weighted by atomic mass is 32.1. The largest absolute Gasteiger partial charge is 0.307 e. The van der Waals surface area contributed by atoms with Crippen LogP contribution in [0.2, 0.25) is 0 Å². The van der Waals surface area contributed by atoms with Gasteiger partial charge in [-0.3, -0.25) is 4.79 Å². The summed E-state index contributed by atoms with van der Waals surface area (Å²) in [5.74, 6) is 0. The maximum Gasteiger partial charge on any atom is 0.307 e. The molecule has 0 saturated heterocycles. The molecule has 0 bridgehead atoms. The topological polar surface area (TPSA) is 76.5 Å². The van der Waals surface area contributed by atoms with Crippen LogP contribution >= 0.6 is 11.3 Å². The van der Waals surface area contributed by atoms with Crippen molar-refractivity contribution < 1.29 is 0 Å². The number of thiazole rings is 1. The molecule has 4 aromatic rings. The lowest BCUT2D eigenvalue weighted by Gasteiger charge is -2.18. The van der Waals surface area contributed by atoms with Crippen LogP contribution in [0, 0.1) is 11.3 Å². The van der Waals surface area contributed by atoms with E-state index in [0.717, 1.165) is 21.3 Å². The zero-order chi connectivity index (χ0) is 17.4. The number of hydrogen-bond donors (Lipinski definition) is 0. The Kier molecular flexibility index (Phi) is 3.67. The normalized spacial score (nSPS) is 12.2. The number of hydrogen-bond acceptors (Lipinski definition) is 5. The molecule has 0 aliphatic rings. The van der Waals surface area contributed by atoms with E-state index in [4.69, 9.17) is 5.26 Å². The highest BCUT2D eigenvalue weighted by Crippen LogP contribution is 2.29. The van der Waals surface area contributed by atoms with Gasteiger partial charge < -0.3 is 4.57 Å². The minimum absolute atomic E-state index is 0.0165. The predicted molar refractivity (Wildman–Crippen MR) is 95.5 cm³/mol. The molecular formula is C18H13N5OS. The van der Waals surface area contributed by atoms with Crippen molar-refractivity contribution in [2.75, 3.05) is 0 Å². The number of aromatic nitrogens is 4. The fourth-order valence-electron chi connectivity index (χ4n) is 2.91. The number of nitrogens with zero attached hydrogens (tertiary/aromatic N) is 5. The average Bonchev–Trinajstić information content (AvgIpc) is 3.25. The molecule has 25 heavy (non-hydrogen) atoms. The first-order valence-electron chi connectivity index (χ1n) is 7.61. The summed E-state index contributed by atoms with van der Waals surface area (Å²) in [5, 5.41) is 13.3. The molecule has 1 atom stereocenters. The van der Waals surface area contributed by atoms with Crippen molar-refractivity contribution >= 4 is 21.6 Å². The third kappa shape index (κ3) is 2.62. The van der Waals surface area contributed by atoms with Crippen molar-refractivity contribution in [1.82, 2.24) is 19.3 Å². The SMILES string of the molecule is Cn1c(=O)sc2cc(C(c3ccc(C#N)cc3)n3cncn3)ccc21. The van der Waals surface area contributed by atoms with Gasteiger partial charge in [0.15, 0.2) is 0 Å². The Morgan fingerprint density at radius 1 is 1.16 bits per heavy atom. The molecule has 0 saturated carbocycles. The molecule has 0 N–H and O–H groups in total. The van der Waals surface area contributed by atoms with Gasteiger partial charge in [0, 0.05) is 7.05 Å². The van der Waals surface area contributed by atoms with Gasteiger partial charge in [-0.05, 0) is 35.4 Å². The van der Waals surface area contributed by atoms with Gasteiger partial charge in [0.2, 0.25) is 0 Å². The van der Waals surface area contributed by atoms with Gasteiger partial charge in [-0.25, -0.2) is 9.67 Å². The number of benzene rings is 2. The Balaban J connectivity index is 1.89. The van der Waals surface area contributed by atoms with Crippen LogP contribution < -0.4 is 4.87 Å². The summed E-state index contributed by atoms with van der Waals surface area (Å²) in [6.07, 6.45) is 3.16.